The summed E-state index contributed by atoms with van der Waals surface area (Å²) >= 11 is 0. The largest absolute Gasteiger partial charge is 0.481 e. The maximum absolute atomic E-state index is 12.0. The number of urea groups is 1. The van der Waals surface area contributed by atoms with Crippen LogP contribution in [0.2, 0.25) is 0 Å². The Kier molecular flexibility index (Phi) is 4.61. The van der Waals surface area contributed by atoms with Gasteiger partial charge in [-0.3, -0.25) is 4.79 Å². The molecular formula is C15H20N2O3. The molecule has 0 aliphatic carbocycles. The van der Waals surface area contributed by atoms with E-state index < -0.39 is 5.97 Å². The number of carbonyl (C=O) groups excluding carboxylic acids is 1. The van der Waals surface area contributed by atoms with Crippen LogP contribution in [-0.2, 0) is 11.3 Å². The lowest BCUT2D eigenvalue weighted by molar-refractivity contribution is -0.143. The molecule has 1 aromatic rings. The quantitative estimate of drug-likeness (QED) is 0.887. The lowest BCUT2D eigenvalue weighted by Gasteiger charge is -2.30. The van der Waals surface area contributed by atoms with Crippen molar-refractivity contribution in [3.8, 4) is 0 Å². The maximum Gasteiger partial charge on any atom is 0.317 e. The Morgan fingerprint density at radius 2 is 2.05 bits per heavy atom. The molecule has 1 aromatic carbocycles. The summed E-state index contributed by atoms with van der Waals surface area (Å²) in [5.41, 5.74) is 2.23. The number of amides is 2. The van der Waals surface area contributed by atoms with Crippen LogP contribution in [0.15, 0.2) is 24.3 Å². The van der Waals surface area contributed by atoms with Crippen molar-refractivity contribution in [3.05, 3.63) is 35.4 Å². The lowest BCUT2D eigenvalue weighted by Crippen LogP contribution is -2.45. The molecule has 2 rings (SSSR count). The SMILES string of the molecule is Cc1cccc(CNC(=O)N2CCC(C(=O)O)CC2)c1. The van der Waals surface area contributed by atoms with Gasteiger partial charge in [-0.05, 0) is 25.3 Å². The Hall–Kier alpha value is -2.04. The molecule has 1 saturated heterocycles. The molecule has 0 atom stereocenters. The Morgan fingerprint density at radius 1 is 1.35 bits per heavy atom. The van der Waals surface area contributed by atoms with Gasteiger partial charge in [-0.15, -0.1) is 0 Å². The third-order valence-electron chi connectivity index (χ3n) is 3.66. The molecule has 1 fully saturated rings. The van der Waals surface area contributed by atoms with Gasteiger partial charge >= 0.3 is 12.0 Å². The van der Waals surface area contributed by atoms with Crippen LogP contribution in [0, 0.1) is 12.8 Å². The summed E-state index contributed by atoms with van der Waals surface area (Å²) in [7, 11) is 0. The van der Waals surface area contributed by atoms with E-state index in [1.165, 1.54) is 5.56 Å². The van der Waals surface area contributed by atoms with Gasteiger partial charge in [-0.25, -0.2) is 4.79 Å². The van der Waals surface area contributed by atoms with Crippen LogP contribution in [0.5, 0.6) is 0 Å². The molecule has 5 heteroatoms. The minimum absolute atomic E-state index is 0.115. The highest BCUT2D eigenvalue weighted by molar-refractivity contribution is 5.75. The molecule has 0 spiro atoms. The number of hydrogen-bond donors (Lipinski definition) is 2. The minimum Gasteiger partial charge on any atom is -0.481 e. The second-order valence-electron chi connectivity index (χ2n) is 5.25. The van der Waals surface area contributed by atoms with Crippen molar-refractivity contribution >= 4 is 12.0 Å². The van der Waals surface area contributed by atoms with Crippen LogP contribution in [0.3, 0.4) is 0 Å². The average molecular weight is 276 g/mol. The van der Waals surface area contributed by atoms with Gasteiger partial charge in [0.05, 0.1) is 5.92 Å². The summed E-state index contributed by atoms with van der Waals surface area (Å²) < 4.78 is 0. The van der Waals surface area contributed by atoms with Crippen molar-refractivity contribution in [1.82, 2.24) is 10.2 Å². The number of aliphatic carboxylic acids is 1. The van der Waals surface area contributed by atoms with E-state index in [1.54, 1.807) is 4.90 Å². The first-order valence-electron chi connectivity index (χ1n) is 6.87. The van der Waals surface area contributed by atoms with E-state index in [4.69, 9.17) is 5.11 Å². The van der Waals surface area contributed by atoms with Gasteiger partial charge in [0.2, 0.25) is 0 Å². The summed E-state index contributed by atoms with van der Waals surface area (Å²) in [6.07, 6.45) is 1.07. The molecule has 2 amide bonds. The number of hydrogen-bond acceptors (Lipinski definition) is 2. The van der Waals surface area contributed by atoms with Gasteiger partial charge in [0.15, 0.2) is 0 Å². The summed E-state index contributed by atoms with van der Waals surface area (Å²) in [6.45, 7) is 3.54. The summed E-state index contributed by atoms with van der Waals surface area (Å²) in [4.78, 5) is 24.5. The van der Waals surface area contributed by atoms with Crippen molar-refractivity contribution in [3.63, 3.8) is 0 Å². The second-order valence-corrected chi connectivity index (χ2v) is 5.25. The van der Waals surface area contributed by atoms with Crippen LogP contribution in [0.1, 0.15) is 24.0 Å². The number of carbonyl (C=O) groups is 2. The molecule has 20 heavy (non-hydrogen) atoms. The standard InChI is InChI=1S/C15H20N2O3/c1-11-3-2-4-12(9-11)10-16-15(20)17-7-5-13(6-8-17)14(18)19/h2-4,9,13H,5-8,10H2,1H3,(H,16,20)(H,18,19). The number of carboxylic acid groups (broad SMARTS) is 1. The highest BCUT2D eigenvalue weighted by Crippen LogP contribution is 2.17. The van der Waals surface area contributed by atoms with E-state index in [2.05, 4.69) is 5.32 Å². The van der Waals surface area contributed by atoms with Crippen LogP contribution in [0.4, 0.5) is 4.79 Å². The van der Waals surface area contributed by atoms with Gasteiger partial charge < -0.3 is 15.3 Å². The van der Waals surface area contributed by atoms with Gasteiger partial charge in [0, 0.05) is 19.6 Å². The third kappa shape index (κ3) is 3.73. The van der Waals surface area contributed by atoms with Gasteiger partial charge in [0.25, 0.3) is 0 Å². The highest BCUT2D eigenvalue weighted by Gasteiger charge is 2.26. The zero-order valence-electron chi connectivity index (χ0n) is 11.6. The lowest BCUT2D eigenvalue weighted by atomic mass is 9.97. The van der Waals surface area contributed by atoms with Crippen LogP contribution in [0.25, 0.3) is 0 Å². The topological polar surface area (TPSA) is 69.6 Å². The molecule has 1 heterocycles. The Bertz CT molecular complexity index is 494. The van der Waals surface area contributed by atoms with Crippen molar-refractivity contribution < 1.29 is 14.7 Å². The number of rotatable bonds is 3. The predicted octanol–water partition coefficient (Wildman–Crippen LogP) is 2.00. The van der Waals surface area contributed by atoms with Crippen LogP contribution in [-0.4, -0.2) is 35.1 Å². The molecule has 0 bridgehead atoms. The summed E-state index contributed by atoms with van der Waals surface area (Å²) in [6, 6.07) is 7.88. The van der Waals surface area contributed by atoms with Crippen molar-refractivity contribution in [2.24, 2.45) is 5.92 Å². The van der Waals surface area contributed by atoms with Gasteiger partial charge in [-0.1, -0.05) is 29.8 Å². The minimum atomic E-state index is -0.759. The van der Waals surface area contributed by atoms with E-state index in [1.807, 2.05) is 31.2 Å². The molecule has 0 aromatic heterocycles. The highest BCUT2D eigenvalue weighted by atomic mass is 16.4. The first-order valence-corrected chi connectivity index (χ1v) is 6.87. The molecule has 0 radical (unpaired) electrons. The Labute approximate surface area is 118 Å². The number of piperidine rings is 1. The molecule has 1 aliphatic heterocycles. The van der Waals surface area contributed by atoms with Crippen molar-refractivity contribution in [2.75, 3.05) is 13.1 Å². The van der Waals surface area contributed by atoms with Gasteiger partial charge in [0.1, 0.15) is 0 Å². The van der Waals surface area contributed by atoms with Crippen LogP contribution < -0.4 is 5.32 Å². The molecule has 108 valence electrons. The first kappa shape index (κ1) is 14.4. The number of likely N-dealkylation sites (tertiary alicyclic amines) is 1. The number of nitrogens with one attached hydrogen (secondary N) is 1. The van der Waals surface area contributed by atoms with Gasteiger partial charge in [-0.2, -0.15) is 0 Å². The maximum atomic E-state index is 12.0. The fourth-order valence-electron chi connectivity index (χ4n) is 2.44. The second kappa shape index (κ2) is 6.41. The average Bonchev–Trinajstić information content (AvgIpc) is 2.45. The zero-order valence-corrected chi connectivity index (χ0v) is 11.6. The number of benzene rings is 1. The predicted molar refractivity (Wildman–Crippen MR) is 75.3 cm³/mol. The van der Waals surface area contributed by atoms with Crippen molar-refractivity contribution in [2.45, 2.75) is 26.3 Å². The molecule has 5 nitrogen and oxygen atoms in total. The Balaban J connectivity index is 1.80. The number of nitrogens with zero attached hydrogens (tertiary/aromatic N) is 1. The molecule has 0 saturated carbocycles. The zero-order chi connectivity index (χ0) is 14.5. The number of carboxylic acids is 1. The fourth-order valence-corrected chi connectivity index (χ4v) is 2.44. The number of aryl methyl sites for hydroxylation is 1. The first-order chi connectivity index (χ1) is 9.56. The molecule has 0 unspecified atom stereocenters. The monoisotopic (exact) mass is 276 g/mol. The van der Waals surface area contributed by atoms with E-state index in [0.29, 0.717) is 32.5 Å². The normalized spacial score (nSPS) is 15.9. The third-order valence-corrected chi connectivity index (χ3v) is 3.66. The summed E-state index contributed by atoms with van der Waals surface area (Å²) in [5, 5.41) is 11.8. The smallest absolute Gasteiger partial charge is 0.317 e. The molecular weight excluding hydrogens is 256 g/mol. The Morgan fingerprint density at radius 3 is 2.65 bits per heavy atom. The van der Waals surface area contributed by atoms with E-state index >= 15 is 0 Å². The van der Waals surface area contributed by atoms with E-state index in [0.717, 1.165) is 5.56 Å². The fraction of sp³-hybridized carbons (Fsp3) is 0.467. The molecule has 1 aliphatic rings. The van der Waals surface area contributed by atoms with Crippen LogP contribution >= 0.6 is 0 Å². The molecule has 2 N–H and O–H groups in total. The van der Waals surface area contributed by atoms with E-state index in [9.17, 15) is 9.59 Å². The van der Waals surface area contributed by atoms with E-state index in [-0.39, 0.29) is 11.9 Å². The van der Waals surface area contributed by atoms with Crippen molar-refractivity contribution in [1.29, 1.82) is 0 Å². The summed E-state index contributed by atoms with van der Waals surface area (Å²) in [5.74, 6) is -1.07.